The second kappa shape index (κ2) is 7.72. The summed E-state index contributed by atoms with van der Waals surface area (Å²) < 4.78 is 5.96. The second-order valence-corrected chi connectivity index (χ2v) is 7.26. The van der Waals surface area contributed by atoms with Crippen LogP contribution in [0.4, 0.5) is 0 Å². The lowest BCUT2D eigenvalue weighted by atomic mass is 10.0. The molecule has 0 bridgehead atoms. The maximum atomic E-state index is 9.68. The number of oxime groups is 1. The van der Waals surface area contributed by atoms with Crippen LogP contribution in [0.5, 0.6) is 11.6 Å². The van der Waals surface area contributed by atoms with Crippen molar-refractivity contribution in [3.8, 4) is 11.6 Å². The molecule has 0 fully saturated rings. The molecule has 1 aliphatic rings. The van der Waals surface area contributed by atoms with E-state index in [0.29, 0.717) is 30.7 Å². The third-order valence-electron chi connectivity index (χ3n) is 4.98. The molecular weight excluding hydrogens is 350 g/mol. The molecule has 0 saturated heterocycles. The Morgan fingerprint density at radius 2 is 1.79 bits per heavy atom. The van der Waals surface area contributed by atoms with Gasteiger partial charge >= 0.3 is 0 Å². The van der Waals surface area contributed by atoms with Crippen molar-refractivity contribution in [3.05, 3.63) is 89.1 Å². The van der Waals surface area contributed by atoms with Gasteiger partial charge in [0, 0.05) is 30.9 Å². The van der Waals surface area contributed by atoms with E-state index in [1.807, 2.05) is 41.3 Å². The Labute approximate surface area is 164 Å². The molecule has 1 N–H and O–H groups in total. The van der Waals surface area contributed by atoms with Gasteiger partial charge in [0.25, 0.3) is 0 Å². The molecule has 5 heteroatoms. The normalized spacial score (nSPS) is 13.7. The molecule has 2 aromatic carbocycles. The number of ether oxygens (including phenoxy) is 1. The van der Waals surface area contributed by atoms with Gasteiger partial charge in [-0.2, -0.15) is 0 Å². The maximum Gasteiger partial charge on any atom is 0.219 e. The Kier molecular flexibility index (Phi) is 4.98. The van der Waals surface area contributed by atoms with Crippen LogP contribution >= 0.6 is 0 Å². The van der Waals surface area contributed by atoms with Crippen molar-refractivity contribution in [1.82, 2.24) is 9.88 Å². The van der Waals surface area contributed by atoms with Crippen molar-refractivity contribution < 1.29 is 9.94 Å². The molecule has 28 heavy (non-hydrogen) atoms. The fourth-order valence-corrected chi connectivity index (χ4v) is 3.45. The Morgan fingerprint density at radius 1 is 1.04 bits per heavy atom. The van der Waals surface area contributed by atoms with E-state index in [-0.39, 0.29) is 0 Å². The number of aromatic nitrogens is 1. The second-order valence-electron chi connectivity index (χ2n) is 7.26. The number of rotatable bonds is 4. The molecule has 2 heterocycles. The van der Waals surface area contributed by atoms with Gasteiger partial charge in [-0.1, -0.05) is 55.4 Å². The van der Waals surface area contributed by atoms with Gasteiger partial charge in [0.1, 0.15) is 5.75 Å². The minimum absolute atomic E-state index is 0.424. The molecule has 0 saturated carbocycles. The van der Waals surface area contributed by atoms with Crippen LogP contribution < -0.4 is 4.74 Å². The zero-order chi connectivity index (χ0) is 19.5. The average Bonchev–Trinajstić information content (AvgIpc) is 3.13. The van der Waals surface area contributed by atoms with Crippen LogP contribution in [0.1, 0.15) is 42.0 Å². The van der Waals surface area contributed by atoms with Crippen LogP contribution in [0.25, 0.3) is 0 Å². The molecule has 0 aliphatic carbocycles. The van der Waals surface area contributed by atoms with E-state index in [1.54, 1.807) is 12.3 Å². The van der Waals surface area contributed by atoms with E-state index < -0.39 is 0 Å². The summed E-state index contributed by atoms with van der Waals surface area (Å²) in [7, 11) is 0. The van der Waals surface area contributed by atoms with Crippen molar-refractivity contribution in [3.63, 3.8) is 0 Å². The van der Waals surface area contributed by atoms with Crippen LogP contribution in [0.3, 0.4) is 0 Å². The van der Waals surface area contributed by atoms with Gasteiger partial charge in [0.15, 0.2) is 5.84 Å². The molecule has 0 unspecified atom stereocenters. The zero-order valence-corrected chi connectivity index (χ0v) is 16.0. The largest absolute Gasteiger partial charge is 0.439 e. The highest BCUT2D eigenvalue weighted by Crippen LogP contribution is 2.27. The van der Waals surface area contributed by atoms with Gasteiger partial charge in [0.05, 0.1) is 0 Å². The Bertz CT molecular complexity index is 989. The highest BCUT2D eigenvalue weighted by atomic mass is 16.5. The highest BCUT2D eigenvalue weighted by Gasteiger charge is 2.23. The molecule has 0 spiro atoms. The first kappa shape index (κ1) is 18.0. The molecule has 1 aromatic heterocycles. The van der Waals surface area contributed by atoms with Crippen LogP contribution in [-0.2, 0) is 13.1 Å². The summed E-state index contributed by atoms with van der Waals surface area (Å²) in [5.41, 5.74) is 4.47. The quantitative estimate of drug-likeness (QED) is 0.297. The molecule has 5 nitrogen and oxygen atoms in total. The molecule has 0 radical (unpaired) electrons. The topological polar surface area (TPSA) is 58.0 Å². The van der Waals surface area contributed by atoms with Crippen LogP contribution in [-0.4, -0.2) is 20.9 Å². The van der Waals surface area contributed by atoms with Gasteiger partial charge in [-0.25, -0.2) is 4.98 Å². The van der Waals surface area contributed by atoms with E-state index in [4.69, 9.17) is 4.74 Å². The first-order valence-corrected chi connectivity index (χ1v) is 9.42. The first-order valence-electron chi connectivity index (χ1n) is 9.42. The summed E-state index contributed by atoms with van der Waals surface area (Å²) in [6.45, 7) is 5.72. The number of benzene rings is 2. The van der Waals surface area contributed by atoms with Gasteiger partial charge in [0.2, 0.25) is 5.88 Å². The van der Waals surface area contributed by atoms with Crippen LogP contribution in [0, 0.1) is 0 Å². The summed E-state index contributed by atoms with van der Waals surface area (Å²) in [6.07, 6.45) is 1.67. The SMILES string of the molecule is CC(C)c1cccc(Oc2cc(/C(=N/O)N3Cc4ccccc4C3)ccn2)c1. The molecule has 142 valence electrons. The highest BCUT2D eigenvalue weighted by molar-refractivity contribution is 5.98. The van der Waals surface area contributed by atoms with Crippen molar-refractivity contribution in [2.24, 2.45) is 5.16 Å². The van der Waals surface area contributed by atoms with Gasteiger partial charge in [-0.3, -0.25) is 0 Å². The van der Waals surface area contributed by atoms with Crippen molar-refractivity contribution in [2.45, 2.75) is 32.9 Å². The standard InChI is InChI=1S/C23H23N3O2/c1-16(2)17-8-5-9-21(12-17)28-22-13-18(10-11-24-22)23(25-27)26-14-19-6-3-4-7-20(19)15-26/h3-13,16,27H,14-15H2,1-2H3/b25-23-. The average molecular weight is 373 g/mol. The summed E-state index contributed by atoms with van der Waals surface area (Å²) >= 11 is 0. The van der Waals surface area contributed by atoms with Crippen LogP contribution in [0.2, 0.25) is 0 Å². The Morgan fingerprint density at radius 3 is 2.46 bits per heavy atom. The van der Waals surface area contributed by atoms with Crippen molar-refractivity contribution in [2.75, 3.05) is 0 Å². The van der Waals surface area contributed by atoms with E-state index in [1.165, 1.54) is 16.7 Å². The summed E-state index contributed by atoms with van der Waals surface area (Å²) in [5, 5.41) is 13.3. The summed E-state index contributed by atoms with van der Waals surface area (Å²) in [5.74, 6) is 2.15. The molecule has 1 aliphatic heterocycles. The van der Waals surface area contributed by atoms with E-state index in [9.17, 15) is 5.21 Å². The van der Waals surface area contributed by atoms with Gasteiger partial charge in [-0.15, -0.1) is 0 Å². The van der Waals surface area contributed by atoms with Gasteiger partial charge < -0.3 is 14.8 Å². The maximum absolute atomic E-state index is 9.68. The lowest BCUT2D eigenvalue weighted by molar-refractivity contribution is 0.301. The smallest absolute Gasteiger partial charge is 0.219 e. The molecule has 3 aromatic rings. The molecular formula is C23H23N3O2. The monoisotopic (exact) mass is 373 g/mol. The number of fused-ring (bicyclic) bond motifs is 1. The van der Waals surface area contributed by atoms with Crippen molar-refractivity contribution >= 4 is 5.84 Å². The number of hydrogen-bond donors (Lipinski definition) is 1. The minimum atomic E-state index is 0.424. The summed E-state index contributed by atoms with van der Waals surface area (Å²) in [4.78, 5) is 6.36. The fraction of sp³-hybridized carbons (Fsp3) is 0.217. The molecule has 0 amide bonds. The third kappa shape index (κ3) is 3.69. The zero-order valence-electron chi connectivity index (χ0n) is 16.0. The van der Waals surface area contributed by atoms with Crippen LogP contribution in [0.15, 0.2) is 72.0 Å². The minimum Gasteiger partial charge on any atom is -0.439 e. The van der Waals surface area contributed by atoms with E-state index >= 15 is 0 Å². The number of hydrogen-bond acceptors (Lipinski definition) is 4. The lowest BCUT2D eigenvalue weighted by Gasteiger charge is -2.19. The van der Waals surface area contributed by atoms with E-state index in [2.05, 4.69) is 42.2 Å². The summed E-state index contributed by atoms with van der Waals surface area (Å²) in [6, 6.07) is 19.9. The Balaban J connectivity index is 1.56. The predicted molar refractivity (Wildman–Crippen MR) is 109 cm³/mol. The molecule has 4 rings (SSSR count). The number of amidine groups is 1. The fourth-order valence-electron chi connectivity index (χ4n) is 3.45. The number of nitrogens with zero attached hydrogens (tertiary/aromatic N) is 3. The molecule has 0 atom stereocenters. The number of pyridine rings is 1. The Hall–Kier alpha value is -3.34. The first-order chi connectivity index (χ1) is 13.6. The van der Waals surface area contributed by atoms with Crippen molar-refractivity contribution in [1.29, 1.82) is 0 Å². The lowest BCUT2D eigenvalue weighted by Crippen LogP contribution is -2.26. The third-order valence-corrected chi connectivity index (χ3v) is 4.98. The predicted octanol–water partition coefficient (Wildman–Crippen LogP) is 5.15. The van der Waals surface area contributed by atoms with Gasteiger partial charge in [-0.05, 0) is 40.8 Å². The van der Waals surface area contributed by atoms with E-state index in [0.717, 1.165) is 11.3 Å².